The van der Waals surface area contributed by atoms with E-state index in [1.807, 2.05) is 0 Å². The van der Waals surface area contributed by atoms with Gasteiger partial charge in [-0.25, -0.2) is 27.1 Å². The molecule has 4 heterocycles. The topological polar surface area (TPSA) is 107 Å². The highest BCUT2D eigenvalue weighted by Gasteiger charge is 2.34. The molecule has 1 aliphatic rings. The maximum atomic E-state index is 12.9. The second kappa shape index (κ2) is 7.01. The minimum atomic E-state index is -4.64. The van der Waals surface area contributed by atoms with Crippen LogP contribution >= 0.6 is 0 Å². The van der Waals surface area contributed by atoms with Crippen molar-refractivity contribution in [3.05, 3.63) is 36.2 Å². The molecule has 8 nitrogen and oxygen atoms in total. The number of fused-ring (bicyclic) bond motifs is 1. The summed E-state index contributed by atoms with van der Waals surface area (Å²) in [7, 11) is -6.11. The van der Waals surface area contributed by atoms with Crippen LogP contribution < -0.4 is 0 Å². The van der Waals surface area contributed by atoms with Crippen LogP contribution in [0.1, 0.15) is 19.0 Å². The molecule has 30 heavy (non-hydrogen) atoms. The molecule has 0 radical (unpaired) electrons. The zero-order chi connectivity index (χ0) is 21.7. The van der Waals surface area contributed by atoms with Crippen molar-refractivity contribution in [2.24, 2.45) is 4.36 Å². The van der Waals surface area contributed by atoms with Gasteiger partial charge in [-0.1, -0.05) is 6.92 Å². The number of nitrogens with zero attached hydrogens (tertiary/aromatic N) is 5. The first kappa shape index (κ1) is 20.7. The quantitative estimate of drug-likeness (QED) is 0.594. The average Bonchev–Trinajstić information content (AvgIpc) is 3.10. The Hall–Kier alpha value is -2.54. The van der Waals surface area contributed by atoms with E-state index in [2.05, 4.69) is 19.4 Å². The highest BCUT2D eigenvalue weighted by atomic mass is 32.2. The summed E-state index contributed by atoms with van der Waals surface area (Å²) in [5, 5.41) is 3.42. The Balaban J connectivity index is 1.91. The molecule has 0 N–H and O–H groups in total. The van der Waals surface area contributed by atoms with Crippen LogP contribution in [0.15, 0.2) is 39.7 Å². The smallest absolute Gasteiger partial charge is 0.249 e. The SMILES string of the molecule is CCS(=O)(=O)c1ccc(N=S2(=O)CCC2)nc1-c1ccn2nc(C(F)(F)F)cc2n1. The summed E-state index contributed by atoms with van der Waals surface area (Å²) in [6.45, 7) is 1.46. The molecule has 0 aromatic carbocycles. The summed E-state index contributed by atoms with van der Waals surface area (Å²) < 4.78 is 81.4. The molecule has 3 aromatic rings. The van der Waals surface area contributed by atoms with Gasteiger partial charge in [-0.3, -0.25) is 0 Å². The van der Waals surface area contributed by atoms with E-state index in [1.165, 1.54) is 31.3 Å². The summed E-state index contributed by atoms with van der Waals surface area (Å²) >= 11 is 0. The van der Waals surface area contributed by atoms with Crippen molar-refractivity contribution in [3.8, 4) is 11.4 Å². The second-order valence-corrected chi connectivity index (χ2v) is 11.5. The predicted octanol–water partition coefficient (Wildman–Crippen LogP) is 3.11. The van der Waals surface area contributed by atoms with E-state index in [4.69, 9.17) is 0 Å². The lowest BCUT2D eigenvalue weighted by Gasteiger charge is -2.17. The fourth-order valence-electron chi connectivity index (χ4n) is 2.88. The van der Waals surface area contributed by atoms with Gasteiger partial charge in [0.15, 0.2) is 27.0 Å². The lowest BCUT2D eigenvalue weighted by molar-refractivity contribution is -0.141. The first-order chi connectivity index (χ1) is 14.0. The molecular weight excluding hydrogens is 443 g/mol. The van der Waals surface area contributed by atoms with E-state index >= 15 is 0 Å². The van der Waals surface area contributed by atoms with Gasteiger partial charge < -0.3 is 0 Å². The van der Waals surface area contributed by atoms with E-state index in [-0.39, 0.29) is 33.5 Å². The number of rotatable bonds is 4. The van der Waals surface area contributed by atoms with Crippen molar-refractivity contribution in [1.29, 1.82) is 0 Å². The van der Waals surface area contributed by atoms with E-state index in [0.717, 1.165) is 17.0 Å². The Morgan fingerprint density at radius 3 is 2.53 bits per heavy atom. The Labute approximate surface area is 170 Å². The summed E-state index contributed by atoms with van der Waals surface area (Å²) in [6.07, 6.45) is -2.61. The van der Waals surface area contributed by atoms with Gasteiger partial charge in [-0.2, -0.15) is 22.6 Å². The van der Waals surface area contributed by atoms with Gasteiger partial charge in [0.2, 0.25) is 0 Å². The molecule has 0 saturated carbocycles. The first-order valence-electron chi connectivity index (χ1n) is 8.91. The molecule has 1 fully saturated rings. The normalized spacial score (nSPS) is 16.4. The fraction of sp³-hybridized carbons (Fsp3) is 0.353. The van der Waals surface area contributed by atoms with Gasteiger partial charge in [-0.15, -0.1) is 0 Å². The number of pyridine rings is 1. The van der Waals surface area contributed by atoms with Crippen LogP contribution in [0.25, 0.3) is 17.0 Å². The Kier molecular flexibility index (Phi) is 4.84. The van der Waals surface area contributed by atoms with Crippen LogP contribution in [0.4, 0.5) is 19.0 Å². The lowest BCUT2D eigenvalue weighted by atomic mass is 10.2. The van der Waals surface area contributed by atoms with Gasteiger partial charge in [0, 0.05) is 23.8 Å². The predicted molar refractivity (Wildman–Crippen MR) is 104 cm³/mol. The average molecular weight is 459 g/mol. The Morgan fingerprint density at radius 1 is 1.20 bits per heavy atom. The maximum absolute atomic E-state index is 12.9. The first-order valence-corrected chi connectivity index (χ1v) is 12.4. The molecule has 4 rings (SSSR count). The molecule has 0 spiro atoms. The maximum Gasteiger partial charge on any atom is 0.435 e. The molecule has 1 aliphatic heterocycles. The second-order valence-electron chi connectivity index (χ2n) is 6.69. The highest BCUT2D eigenvalue weighted by molar-refractivity contribution is 7.95. The van der Waals surface area contributed by atoms with Crippen LogP contribution in [0.2, 0.25) is 0 Å². The molecule has 0 unspecified atom stereocenters. The van der Waals surface area contributed by atoms with E-state index in [1.54, 1.807) is 0 Å². The van der Waals surface area contributed by atoms with Gasteiger partial charge in [0.05, 0.1) is 26.1 Å². The summed E-state index contributed by atoms with van der Waals surface area (Å²) in [4.78, 5) is 8.24. The van der Waals surface area contributed by atoms with Crippen molar-refractivity contribution in [2.75, 3.05) is 17.3 Å². The molecule has 0 atom stereocenters. The van der Waals surface area contributed by atoms with E-state index < -0.39 is 31.4 Å². The number of halogens is 3. The molecule has 13 heteroatoms. The number of alkyl halides is 3. The minimum Gasteiger partial charge on any atom is -0.249 e. The third kappa shape index (κ3) is 3.78. The third-order valence-electron chi connectivity index (χ3n) is 4.60. The van der Waals surface area contributed by atoms with Gasteiger partial charge >= 0.3 is 6.18 Å². The van der Waals surface area contributed by atoms with Crippen molar-refractivity contribution in [3.63, 3.8) is 0 Å². The van der Waals surface area contributed by atoms with Gasteiger partial charge in [-0.05, 0) is 24.6 Å². The van der Waals surface area contributed by atoms with Crippen LogP contribution in [0.3, 0.4) is 0 Å². The molecule has 0 amide bonds. The van der Waals surface area contributed by atoms with Crippen molar-refractivity contribution >= 4 is 31.0 Å². The summed E-state index contributed by atoms with van der Waals surface area (Å²) in [5.74, 6) is 0.775. The minimum absolute atomic E-state index is 0.0451. The van der Waals surface area contributed by atoms with Gasteiger partial charge in [0.25, 0.3) is 0 Å². The number of sulfone groups is 1. The van der Waals surface area contributed by atoms with Crippen molar-refractivity contribution in [1.82, 2.24) is 19.6 Å². The lowest BCUT2D eigenvalue weighted by Crippen LogP contribution is -2.23. The Bertz CT molecular complexity index is 1360. The number of hydrogen-bond acceptors (Lipinski definition) is 7. The monoisotopic (exact) mass is 459 g/mol. The zero-order valence-corrected chi connectivity index (χ0v) is 17.3. The zero-order valence-electron chi connectivity index (χ0n) is 15.6. The third-order valence-corrected chi connectivity index (χ3v) is 8.74. The molecule has 160 valence electrons. The largest absolute Gasteiger partial charge is 0.435 e. The van der Waals surface area contributed by atoms with Crippen LogP contribution in [-0.2, 0) is 25.7 Å². The number of hydrogen-bond donors (Lipinski definition) is 0. The Morgan fingerprint density at radius 2 is 1.93 bits per heavy atom. The summed E-state index contributed by atoms with van der Waals surface area (Å²) in [5.41, 5.74) is -1.25. The van der Waals surface area contributed by atoms with Gasteiger partial charge in [0.1, 0.15) is 5.69 Å². The van der Waals surface area contributed by atoms with Crippen LogP contribution in [0, 0.1) is 0 Å². The number of aromatic nitrogens is 4. The standard InChI is InChI=1S/C17H16F3N5O3S2/c1-2-30(27,28)12-4-5-14(24-29(26)8-3-9-29)22-16(12)11-6-7-25-15(21-11)10-13(23-25)17(18,19)20/h4-7,10H,2-3,8-9H2,1H3. The highest BCUT2D eigenvalue weighted by Crippen LogP contribution is 2.31. The van der Waals surface area contributed by atoms with E-state index in [9.17, 15) is 25.8 Å². The van der Waals surface area contributed by atoms with Crippen LogP contribution in [0.5, 0.6) is 0 Å². The molecule has 1 saturated heterocycles. The molecule has 0 bridgehead atoms. The summed E-state index contributed by atoms with van der Waals surface area (Å²) in [6, 6.07) is 4.77. The fourth-order valence-corrected chi connectivity index (χ4v) is 5.32. The van der Waals surface area contributed by atoms with Crippen molar-refractivity contribution in [2.45, 2.75) is 24.4 Å². The van der Waals surface area contributed by atoms with Crippen LogP contribution in [-0.4, -0.2) is 49.5 Å². The molecule has 3 aromatic heterocycles. The molecular formula is C17H16F3N5O3S2. The van der Waals surface area contributed by atoms with Crippen molar-refractivity contribution < 1.29 is 25.8 Å². The van der Waals surface area contributed by atoms with E-state index in [0.29, 0.717) is 11.5 Å². The molecule has 0 aliphatic carbocycles.